The molecule has 0 radical (unpaired) electrons. The third kappa shape index (κ3) is 4.86. The molecule has 0 aromatic heterocycles. The van der Waals surface area contributed by atoms with E-state index in [2.05, 4.69) is 4.99 Å². The lowest BCUT2D eigenvalue weighted by Gasteiger charge is -2.06. The van der Waals surface area contributed by atoms with Crippen LogP contribution in [-0.2, 0) is 16.1 Å². The molecule has 3 aromatic carbocycles. The molecule has 0 saturated heterocycles. The van der Waals surface area contributed by atoms with E-state index in [0.29, 0.717) is 22.2 Å². The van der Waals surface area contributed by atoms with Gasteiger partial charge in [0.2, 0.25) is 5.90 Å². The molecule has 6 heteroatoms. The Morgan fingerprint density at radius 2 is 1.69 bits per heavy atom. The summed E-state index contributed by atoms with van der Waals surface area (Å²) < 4.78 is 11.0. The SMILES string of the molecule is O=C1OC(c2cccc(Cl)c2)=NC1=Cc1ccc(OCc2ccc(Cl)cc2)cc1. The highest BCUT2D eigenvalue weighted by Gasteiger charge is 2.24. The number of halogens is 2. The topological polar surface area (TPSA) is 47.9 Å². The van der Waals surface area contributed by atoms with Crippen molar-refractivity contribution in [2.75, 3.05) is 0 Å². The first-order chi connectivity index (χ1) is 14.1. The van der Waals surface area contributed by atoms with Crippen LogP contribution < -0.4 is 4.74 Å². The third-order valence-electron chi connectivity index (χ3n) is 4.19. The Hall–Kier alpha value is -3.08. The summed E-state index contributed by atoms with van der Waals surface area (Å²) in [6, 6.07) is 21.9. The van der Waals surface area contributed by atoms with Crippen molar-refractivity contribution in [2.24, 2.45) is 4.99 Å². The van der Waals surface area contributed by atoms with Gasteiger partial charge in [-0.1, -0.05) is 53.5 Å². The molecular weight excluding hydrogens is 409 g/mol. The van der Waals surface area contributed by atoms with E-state index in [0.717, 1.165) is 16.9 Å². The molecule has 1 aliphatic heterocycles. The van der Waals surface area contributed by atoms with Gasteiger partial charge >= 0.3 is 5.97 Å². The highest BCUT2D eigenvalue weighted by Crippen LogP contribution is 2.22. The average Bonchev–Trinajstić information content (AvgIpc) is 3.09. The molecular formula is C23H15Cl2NO3. The van der Waals surface area contributed by atoms with Crippen LogP contribution in [0.3, 0.4) is 0 Å². The molecule has 3 aromatic rings. The number of cyclic esters (lactones) is 1. The molecule has 1 aliphatic rings. The highest BCUT2D eigenvalue weighted by molar-refractivity contribution is 6.31. The van der Waals surface area contributed by atoms with Gasteiger partial charge in [-0.2, -0.15) is 0 Å². The van der Waals surface area contributed by atoms with Gasteiger partial charge in [-0.15, -0.1) is 0 Å². The molecule has 0 N–H and O–H groups in total. The van der Waals surface area contributed by atoms with E-state index in [1.165, 1.54) is 0 Å². The second kappa shape index (κ2) is 8.52. The zero-order valence-corrected chi connectivity index (χ0v) is 16.7. The van der Waals surface area contributed by atoms with E-state index in [9.17, 15) is 4.79 Å². The molecule has 0 amide bonds. The number of ether oxygens (including phenoxy) is 2. The van der Waals surface area contributed by atoms with Crippen LogP contribution in [-0.4, -0.2) is 11.9 Å². The maximum absolute atomic E-state index is 12.1. The van der Waals surface area contributed by atoms with Crippen LogP contribution in [0.1, 0.15) is 16.7 Å². The van der Waals surface area contributed by atoms with E-state index >= 15 is 0 Å². The van der Waals surface area contributed by atoms with Gasteiger partial charge in [0.25, 0.3) is 0 Å². The second-order valence-corrected chi connectivity index (χ2v) is 7.20. The maximum atomic E-state index is 12.1. The van der Waals surface area contributed by atoms with Gasteiger partial charge in [0, 0.05) is 15.6 Å². The number of nitrogens with zero attached hydrogens (tertiary/aromatic N) is 1. The second-order valence-electron chi connectivity index (χ2n) is 6.33. The zero-order chi connectivity index (χ0) is 20.2. The summed E-state index contributed by atoms with van der Waals surface area (Å²) in [6.07, 6.45) is 1.67. The van der Waals surface area contributed by atoms with Gasteiger partial charge in [0.05, 0.1) is 0 Å². The smallest absolute Gasteiger partial charge is 0.363 e. The Balaban J connectivity index is 1.45. The van der Waals surface area contributed by atoms with Gasteiger partial charge < -0.3 is 9.47 Å². The van der Waals surface area contributed by atoms with Crippen LogP contribution in [0.25, 0.3) is 6.08 Å². The van der Waals surface area contributed by atoms with Crippen LogP contribution in [0.5, 0.6) is 5.75 Å². The molecule has 1 heterocycles. The molecule has 0 bridgehead atoms. The van der Waals surface area contributed by atoms with Crippen molar-refractivity contribution in [3.05, 3.63) is 105 Å². The van der Waals surface area contributed by atoms with Crippen molar-refractivity contribution in [3.8, 4) is 5.75 Å². The van der Waals surface area contributed by atoms with E-state index in [1.54, 1.807) is 30.3 Å². The fourth-order valence-corrected chi connectivity index (χ4v) is 3.04. The van der Waals surface area contributed by atoms with Crippen LogP contribution in [0, 0.1) is 0 Å². The molecule has 29 heavy (non-hydrogen) atoms. The largest absolute Gasteiger partial charge is 0.489 e. The zero-order valence-electron chi connectivity index (χ0n) is 15.1. The number of hydrogen-bond donors (Lipinski definition) is 0. The van der Waals surface area contributed by atoms with E-state index in [-0.39, 0.29) is 11.6 Å². The van der Waals surface area contributed by atoms with Crippen molar-refractivity contribution in [1.29, 1.82) is 0 Å². The Kier molecular flexibility index (Phi) is 5.65. The molecule has 0 aliphatic carbocycles. The van der Waals surface area contributed by atoms with Crippen molar-refractivity contribution >= 4 is 41.1 Å². The minimum Gasteiger partial charge on any atom is -0.489 e. The molecule has 0 spiro atoms. The van der Waals surface area contributed by atoms with Crippen molar-refractivity contribution in [3.63, 3.8) is 0 Å². The first-order valence-electron chi connectivity index (χ1n) is 8.83. The summed E-state index contributed by atoms with van der Waals surface area (Å²) in [7, 11) is 0. The Morgan fingerprint density at radius 3 is 2.41 bits per heavy atom. The van der Waals surface area contributed by atoms with Crippen molar-refractivity contribution in [2.45, 2.75) is 6.61 Å². The molecule has 0 atom stereocenters. The number of benzene rings is 3. The number of carbonyl (C=O) groups is 1. The highest BCUT2D eigenvalue weighted by atomic mass is 35.5. The average molecular weight is 424 g/mol. The standard InChI is InChI=1S/C23H15Cl2NO3/c24-18-8-4-16(5-9-18)14-28-20-10-6-15(7-11-20)12-21-23(27)29-22(26-21)17-2-1-3-19(25)13-17/h1-13H,14H2. The van der Waals surface area contributed by atoms with E-state index in [1.807, 2.05) is 48.5 Å². The van der Waals surface area contributed by atoms with Crippen molar-refractivity contribution < 1.29 is 14.3 Å². The number of carbonyl (C=O) groups excluding carboxylic acids is 1. The summed E-state index contributed by atoms with van der Waals surface area (Å²) in [6.45, 7) is 0.442. The fourth-order valence-electron chi connectivity index (χ4n) is 2.72. The summed E-state index contributed by atoms with van der Waals surface area (Å²) in [5, 5.41) is 1.24. The molecule has 4 rings (SSSR count). The summed E-state index contributed by atoms with van der Waals surface area (Å²) in [5.41, 5.74) is 2.72. The van der Waals surface area contributed by atoms with E-state index in [4.69, 9.17) is 32.7 Å². The lowest BCUT2D eigenvalue weighted by atomic mass is 10.2. The number of esters is 1. The quantitative estimate of drug-likeness (QED) is 0.378. The molecule has 0 unspecified atom stereocenters. The lowest BCUT2D eigenvalue weighted by Crippen LogP contribution is -2.05. The first kappa shape index (κ1) is 19.2. The predicted molar refractivity (Wildman–Crippen MR) is 114 cm³/mol. The van der Waals surface area contributed by atoms with Gasteiger partial charge in [-0.05, 0) is 59.7 Å². The normalized spacial score (nSPS) is 14.6. The summed E-state index contributed by atoms with van der Waals surface area (Å²) in [4.78, 5) is 16.4. The van der Waals surface area contributed by atoms with Crippen LogP contribution >= 0.6 is 23.2 Å². The minimum absolute atomic E-state index is 0.231. The predicted octanol–water partition coefficient (Wildman–Crippen LogP) is 5.92. The van der Waals surface area contributed by atoms with Crippen LogP contribution in [0.4, 0.5) is 0 Å². The Labute approximate surface area is 178 Å². The van der Waals surface area contributed by atoms with Crippen LogP contribution in [0.2, 0.25) is 10.0 Å². The lowest BCUT2D eigenvalue weighted by molar-refractivity contribution is -0.129. The molecule has 0 saturated carbocycles. The van der Waals surface area contributed by atoms with E-state index < -0.39 is 5.97 Å². The number of aliphatic imine (C=N–C) groups is 1. The first-order valence-corrected chi connectivity index (χ1v) is 9.58. The van der Waals surface area contributed by atoms with Gasteiger partial charge in [0.1, 0.15) is 12.4 Å². The van der Waals surface area contributed by atoms with Gasteiger partial charge in [0.15, 0.2) is 5.70 Å². The molecule has 0 fully saturated rings. The summed E-state index contributed by atoms with van der Waals surface area (Å²) >= 11 is 11.9. The van der Waals surface area contributed by atoms with Gasteiger partial charge in [-0.3, -0.25) is 0 Å². The summed E-state index contributed by atoms with van der Waals surface area (Å²) in [5.74, 6) is 0.467. The fraction of sp³-hybridized carbons (Fsp3) is 0.0435. The Bertz CT molecular complexity index is 1100. The molecule has 144 valence electrons. The van der Waals surface area contributed by atoms with Crippen LogP contribution in [0.15, 0.2) is 83.5 Å². The maximum Gasteiger partial charge on any atom is 0.363 e. The van der Waals surface area contributed by atoms with Gasteiger partial charge in [-0.25, -0.2) is 9.79 Å². The monoisotopic (exact) mass is 423 g/mol. The third-order valence-corrected chi connectivity index (χ3v) is 4.68. The Morgan fingerprint density at radius 1 is 0.931 bits per heavy atom. The number of rotatable bonds is 5. The van der Waals surface area contributed by atoms with Crippen molar-refractivity contribution in [1.82, 2.24) is 0 Å². The number of hydrogen-bond acceptors (Lipinski definition) is 4. The minimum atomic E-state index is -0.497. The molecule has 4 nitrogen and oxygen atoms in total.